The van der Waals surface area contributed by atoms with E-state index in [1.54, 1.807) is 18.2 Å². The van der Waals surface area contributed by atoms with Crippen molar-refractivity contribution in [2.45, 2.75) is 11.7 Å². The van der Waals surface area contributed by atoms with Gasteiger partial charge in [-0.3, -0.25) is 19.9 Å². The molecule has 1 heterocycles. The first-order valence-electron chi connectivity index (χ1n) is 7.25. The molecule has 0 unspecified atom stereocenters. The molecule has 0 saturated carbocycles. The summed E-state index contributed by atoms with van der Waals surface area (Å²) in [5, 5.41) is 10.4. The number of nitrogens with zero attached hydrogens (tertiary/aromatic N) is 1. The number of carbonyl (C=O) groups is 2. The largest absolute Gasteiger partial charge is 0.325 e. The summed E-state index contributed by atoms with van der Waals surface area (Å²) < 4.78 is 0.780. The number of amidine groups is 1. The van der Waals surface area contributed by atoms with Gasteiger partial charge in [-0.1, -0.05) is 42.1 Å². The van der Waals surface area contributed by atoms with Crippen LogP contribution >= 0.6 is 27.7 Å². The van der Waals surface area contributed by atoms with Gasteiger partial charge in [-0.15, -0.1) is 0 Å². The van der Waals surface area contributed by atoms with Crippen LogP contribution in [0.2, 0.25) is 0 Å². The summed E-state index contributed by atoms with van der Waals surface area (Å²) in [7, 11) is 0. The molecule has 2 N–H and O–H groups in total. The van der Waals surface area contributed by atoms with Crippen LogP contribution in [0.15, 0.2) is 59.1 Å². The van der Waals surface area contributed by atoms with Crippen LogP contribution in [0.1, 0.15) is 6.42 Å². The van der Waals surface area contributed by atoms with Crippen LogP contribution < -0.4 is 10.2 Å². The predicted molar refractivity (Wildman–Crippen MR) is 100 cm³/mol. The zero-order valence-corrected chi connectivity index (χ0v) is 14.9. The summed E-state index contributed by atoms with van der Waals surface area (Å²) in [4.78, 5) is 26.1. The molecule has 0 aliphatic carbocycles. The second kappa shape index (κ2) is 7.19. The molecule has 122 valence electrons. The average molecular weight is 404 g/mol. The lowest BCUT2D eigenvalue weighted by Crippen LogP contribution is -2.33. The Bertz CT molecular complexity index is 797. The minimum Gasteiger partial charge on any atom is -0.325 e. The van der Waals surface area contributed by atoms with Gasteiger partial charge in [0, 0.05) is 10.9 Å². The standard InChI is InChI=1S/C17H14BrN3O2S/c18-12-8-4-5-9-13(12)20-15(22)10-14-16(23)21(17(19)24-14)11-6-2-1-3-7-11/h1-9,14,19H,10H2,(H,20,22)/t14-/m0/s1. The second-order valence-corrected chi connectivity index (χ2v) is 7.20. The van der Waals surface area contributed by atoms with Gasteiger partial charge in [-0.05, 0) is 40.2 Å². The van der Waals surface area contributed by atoms with Gasteiger partial charge in [0.15, 0.2) is 5.17 Å². The SMILES string of the molecule is N=C1S[C@@H](CC(=O)Nc2ccccc2Br)C(=O)N1c1ccccc1. The first-order valence-corrected chi connectivity index (χ1v) is 8.92. The number of para-hydroxylation sites is 2. The highest BCUT2D eigenvalue weighted by Gasteiger charge is 2.39. The third-order valence-corrected chi connectivity index (χ3v) is 5.24. The van der Waals surface area contributed by atoms with E-state index in [9.17, 15) is 9.59 Å². The zero-order chi connectivity index (χ0) is 17.1. The van der Waals surface area contributed by atoms with E-state index in [-0.39, 0.29) is 23.4 Å². The highest BCUT2D eigenvalue weighted by Crippen LogP contribution is 2.33. The molecule has 1 aliphatic heterocycles. The maximum atomic E-state index is 12.5. The van der Waals surface area contributed by atoms with Crippen molar-refractivity contribution < 1.29 is 9.59 Å². The summed E-state index contributed by atoms with van der Waals surface area (Å²) in [6.07, 6.45) is 0.0244. The third-order valence-electron chi connectivity index (χ3n) is 3.49. The van der Waals surface area contributed by atoms with Crippen LogP contribution in [0, 0.1) is 5.41 Å². The Morgan fingerprint density at radius 1 is 1.17 bits per heavy atom. The Kier molecular flexibility index (Phi) is 5.01. The number of hydrogen-bond acceptors (Lipinski definition) is 4. The molecule has 0 bridgehead atoms. The van der Waals surface area contributed by atoms with E-state index < -0.39 is 5.25 Å². The smallest absolute Gasteiger partial charge is 0.247 e. The van der Waals surface area contributed by atoms with Gasteiger partial charge in [0.05, 0.1) is 11.4 Å². The number of rotatable bonds is 4. The van der Waals surface area contributed by atoms with E-state index in [2.05, 4.69) is 21.2 Å². The van der Waals surface area contributed by atoms with E-state index in [1.807, 2.05) is 36.4 Å². The van der Waals surface area contributed by atoms with Crippen molar-refractivity contribution in [3.63, 3.8) is 0 Å². The second-order valence-electron chi connectivity index (χ2n) is 5.15. The lowest BCUT2D eigenvalue weighted by Gasteiger charge is -2.15. The first kappa shape index (κ1) is 16.7. The molecule has 3 rings (SSSR count). The Labute approximate surface area is 152 Å². The van der Waals surface area contributed by atoms with Crippen molar-refractivity contribution in [1.29, 1.82) is 5.41 Å². The molecule has 1 fully saturated rings. The number of nitrogens with one attached hydrogen (secondary N) is 2. The van der Waals surface area contributed by atoms with Crippen molar-refractivity contribution in [2.24, 2.45) is 0 Å². The molecular weight excluding hydrogens is 390 g/mol. The molecule has 0 aromatic heterocycles. The monoisotopic (exact) mass is 403 g/mol. The molecule has 1 aliphatic rings. The van der Waals surface area contributed by atoms with Crippen LogP contribution in [0.4, 0.5) is 11.4 Å². The van der Waals surface area contributed by atoms with E-state index in [4.69, 9.17) is 5.41 Å². The third kappa shape index (κ3) is 3.52. The number of hydrogen-bond donors (Lipinski definition) is 2. The van der Waals surface area contributed by atoms with Gasteiger partial charge in [-0.25, -0.2) is 0 Å². The number of amides is 2. The van der Waals surface area contributed by atoms with Crippen LogP contribution in [0.3, 0.4) is 0 Å². The quantitative estimate of drug-likeness (QED) is 0.813. The Morgan fingerprint density at radius 3 is 2.54 bits per heavy atom. The predicted octanol–water partition coefficient (Wildman–Crippen LogP) is 3.86. The summed E-state index contributed by atoms with van der Waals surface area (Å²) >= 11 is 4.48. The number of carbonyl (C=O) groups excluding carboxylic acids is 2. The Hall–Kier alpha value is -2.12. The van der Waals surface area contributed by atoms with E-state index >= 15 is 0 Å². The van der Waals surface area contributed by atoms with Gasteiger partial charge in [0.25, 0.3) is 0 Å². The maximum absolute atomic E-state index is 12.5. The molecule has 24 heavy (non-hydrogen) atoms. The van der Waals surface area contributed by atoms with E-state index in [0.29, 0.717) is 11.4 Å². The van der Waals surface area contributed by atoms with Gasteiger partial charge < -0.3 is 5.32 Å². The van der Waals surface area contributed by atoms with Crippen LogP contribution in [-0.4, -0.2) is 22.2 Å². The molecule has 0 spiro atoms. The number of thioether (sulfide) groups is 1. The highest BCUT2D eigenvalue weighted by atomic mass is 79.9. The Balaban J connectivity index is 1.68. The highest BCUT2D eigenvalue weighted by molar-refractivity contribution is 9.10. The van der Waals surface area contributed by atoms with Crippen LogP contribution in [0.5, 0.6) is 0 Å². The van der Waals surface area contributed by atoms with Crippen molar-refractivity contribution in [2.75, 3.05) is 10.2 Å². The molecule has 1 atom stereocenters. The molecular formula is C17H14BrN3O2S. The molecule has 7 heteroatoms. The molecule has 2 aromatic carbocycles. The Morgan fingerprint density at radius 2 is 1.83 bits per heavy atom. The minimum atomic E-state index is -0.583. The summed E-state index contributed by atoms with van der Waals surface area (Å²) in [6.45, 7) is 0. The fraction of sp³-hybridized carbons (Fsp3) is 0.118. The van der Waals surface area contributed by atoms with Gasteiger partial charge in [0.1, 0.15) is 5.25 Å². The zero-order valence-electron chi connectivity index (χ0n) is 12.5. The fourth-order valence-electron chi connectivity index (χ4n) is 2.36. The minimum absolute atomic E-state index is 0.0244. The lowest BCUT2D eigenvalue weighted by atomic mass is 10.2. The molecule has 1 saturated heterocycles. The molecule has 2 amide bonds. The molecule has 5 nitrogen and oxygen atoms in total. The van der Waals surface area contributed by atoms with Crippen LogP contribution in [0.25, 0.3) is 0 Å². The average Bonchev–Trinajstić information content (AvgIpc) is 2.84. The molecule has 0 radical (unpaired) electrons. The van der Waals surface area contributed by atoms with Gasteiger partial charge >= 0.3 is 0 Å². The van der Waals surface area contributed by atoms with E-state index in [0.717, 1.165) is 16.2 Å². The summed E-state index contributed by atoms with van der Waals surface area (Å²) in [6, 6.07) is 16.3. The first-order chi connectivity index (χ1) is 11.6. The van der Waals surface area contributed by atoms with Crippen molar-refractivity contribution >= 4 is 56.0 Å². The topological polar surface area (TPSA) is 73.3 Å². The van der Waals surface area contributed by atoms with Crippen LogP contribution in [-0.2, 0) is 9.59 Å². The summed E-state index contributed by atoms with van der Waals surface area (Å²) in [5.41, 5.74) is 1.31. The van der Waals surface area contributed by atoms with Crippen molar-refractivity contribution in [1.82, 2.24) is 0 Å². The number of anilines is 2. The maximum Gasteiger partial charge on any atom is 0.247 e. The van der Waals surface area contributed by atoms with Crippen molar-refractivity contribution in [3.05, 3.63) is 59.1 Å². The van der Waals surface area contributed by atoms with Gasteiger partial charge in [0.2, 0.25) is 11.8 Å². The van der Waals surface area contributed by atoms with Gasteiger partial charge in [-0.2, -0.15) is 0 Å². The number of benzene rings is 2. The fourth-order valence-corrected chi connectivity index (χ4v) is 3.76. The van der Waals surface area contributed by atoms with E-state index in [1.165, 1.54) is 4.90 Å². The number of halogens is 1. The summed E-state index contributed by atoms with van der Waals surface area (Å²) in [5.74, 6) is -0.492. The molecule has 2 aromatic rings. The lowest BCUT2D eigenvalue weighted by molar-refractivity contribution is -0.121. The van der Waals surface area contributed by atoms with Crippen molar-refractivity contribution in [3.8, 4) is 0 Å². The normalized spacial score (nSPS) is 17.2.